The third kappa shape index (κ3) is 1.63. The summed E-state index contributed by atoms with van der Waals surface area (Å²) in [4.78, 5) is 4.40. The van der Waals surface area contributed by atoms with E-state index in [2.05, 4.69) is 34.2 Å². The molecule has 2 atom stereocenters. The van der Waals surface area contributed by atoms with Crippen molar-refractivity contribution in [2.24, 2.45) is 11.8 Å². The molecule has 3 rings (SSSR count). The Kier molecular flexibility index (Phi) is 2.42. The van der Waals surface area contributed by atoms with Crippen molar-refractivity contribution in [3.63, 3.8) is 0 Å². The predicted molar refractivity (Wildman–Crippen MR) is 59.8 cm³/mol. The molecule has 5 nitrogen and oxygen atoms in total. The van der Waals surface area contributed by atoms with Crippen LogP contribution in [0.2, 0.25) is 0 Å². The van der Waals surface area contributed by atoms with Gasteiger partial charge in [-0.05, 0) is 43.7 Å². The van der Waals surface area contributed by atoms with E-state index in [4.69, 9.17) is 0 Å². The molecule has 2 unspecified atom stereocenters. The number of hydrogen-bond donors (Lipinski definition) is 0. The number of hydrogen-bond acceptors (Lipinski definition) is 4. The molecule has 2 aliphatic rings. The van der Waals surface area contributed by atoms with E-state index >= 15 is 0 Å². The lowest BCUT2D eigenvalue weighted by molar-refractivity contribution is 0.240. The first kappa shape index (κ1) is 10.2. The highest BCUT2D eigenvalue weighted by atomic mass is 15.6. The van der Waals surface area contributed by atoms with Crippen molar-refractivity contribution in [1.82, 2.24) is 25.1 Å². The molecule has 5 heteroatoms. The van der Waals surface area contributed by atoms with E-state index in [1.165, 1.54) is 32.3 Å². The van der Waals surface area contributed by atoms with Gasteiger partial charge in [0.2, 0.25) is 0 Å². The summed E-state index contributed by atoms with van der Waals surface area (Å²) >= 11 is 0. The molecule has 0 N–H and O–H groups in total. The highest BCUT2D eigenvalue weighted by Gasteiger charge is 2.42. The van der Waals surface area contributed by atoms with Crippen LogP contribution in [0.4, 0.5) is 0 Å². The fourth-order valence-electron chi connectivity index (χ4n) is 3.26. The van der Waals surface area contributed by atoms with Crippen molar-refractivity contribution < 1.29 is 0 Å². The molecule has 0 spiro atoms. The molecule has 1 saturated carbocycles. The Morgan fingerprint density at radius 1 is 1.19 bits per heavy atom. The minimum Gasteiger partial charge on any atom is -0.300 e. The number of nitrogens with zero attached hydrogens (tertiary/aromatic N) is 5. The van der Waals surface area contributed by atoms with Gasteiger partial charge in [-0.3, -0.25) is 0 Å². The molecule has 1 aliphatic carbocycles. The molecular formula is C11H19N5. The molecule has 0 bridgehead atoms. The smallest absolute Gasteiger partial charge is 0.162 e. The van der Waals surface area contributed by atoms with Gasteiger partial charge in [0.15, 0.2) is 6.33 Å². The molecule has 88 valence electrons. The summed E-state index contributed by atoms with van der Waals surface area (Å²) in [6.07, 6.45) is 3.99. The first-order valence-electron chi connectivity index (χ1n) is 6.20. The molecule has 1 aromatic heterocycles. The molecular weight excluding hydrogens is 202 g/mol. The highest BCUT2D eigenvalue weighted by molar-refractivity contribution is 4.93. The number of likely N-dealkylation sites (tertiary alicyclic amines) is 1. The van der Waals surface area contributed by atoms with E-state index < -0.39 is 0 Å². The summed E-state index contributed by atoms with van der Waals surface area (Å²) in [7, 11) is 0. The number of fused-ring (bicyclic) bond motifs is 1. The van der Waals surface area contributed by atoms with Crippen molar-refractivity contribution in [2.45, 2.75) is 38.8 Å². The third-order valence-corrected chi connectivity index (χ3v) is 4.18. The maximum absolute atomic E-state index is 4.16. The van der Waals surface area contributed by atoms with E-state index in [1.807, 2.05) is 0 Å². The summed E-state index contributed by atoms with van der Waals surface area (Å²) in [6.45, 7) is 7.09. The molecule has 1 aromatic rings. The maximum Gasteiger partial charge on any atom is 0.162 e. The lowest BCUT2D eigenvalue weighted by Gasteiger charge is -2.22. The third-order valence-electron chi connectivity index (χ3n) is 4.18. The second kappa shape index (κ2) is 3.80. The van der Waals surface area contributed by atoms with Gasteiger partial charge in [-0.25, -0.2) is 0 Å². The summed E-state index contributed by atoms with van der Waals surface area (Å²) in [5.41, 5.74) is 0. The zero-order chi connectivity index (χ0) is 11.1. The van der Waals surface area contributed by atoms with E-state index in [-0.39, 0.29) is 0 Å². The van der Waals surface area contributed by atoms with Crippen molar-refractivity contribution in [3.8, 4) is 0 Å². The summed E-state index contributed by atoms with van der Waals surface area (Å²) in [6, 6.07) is 1.18. The topological polar surface area (TPSA) is 46.8 Å². The number of tetrazole rings is 1. The highest BCUT2D eigenvalue weighted by Crippen LogP contribution is 2.43. The van der Waals surface area contributed by atoms with Gasteiger partial charge in [-0.15, -0.1) is 10.2 Å². The fourth-order valence-corrected chi connectivity index (χ4v) is 3.26. The van der Waals surface area contributed by atoms with E-state index in [0.29, 0.717) is 12.1 Å². The van der Waals surface area contributed by atoms with Crippen molar-refractivity contribution in [2.75, 3.05) is 13.1 Å². The average molecular weight is 221 g/mol. The minimum atomic E-state index is 0.492. The van der Waals surface area contributed by atoms with Crippen molar-refractivity contribution >= 4 is 0 Å². The first-order chi connectivity index (χ1) is 7.74. The molecule has 2 heterocycles. The monoisotopic (exact) mass is 221 g/mol. The average Bonchev–Trinajstić information content (AvgIpc) is 2.91. The normalized spacial score (nSPS) is 34.8. The van der Waals surface area contributed by atoms with Gasteiger partial charge in [0, 0.05) is 19.1 Å². The van der Waals surface area contributed by atoms with Crippen LogP contribution in [-0.4, -0.2) is 44.2 Å². The van der Waals surface area contributed by atoms with Gasteiger partial charge >= 0.3 is 0 Å². The van der Waals surface area contributed by atoms with Gasteiger partial charge < -0.3 is 4.90 Å². The van der Waals surface area contributed by atoms with E-state index in [1.54, 1.807) is 4.80 Å². The van der Waals surface area contributed by atoms with Crippen LogP contribution in [0.1, 0.15) is 32.7 Å². The Balaban J connectivity index is 1.65. The molecule has 1 saturated heterocycles. The van der Waals surface area contributed by atoms with Crippen LogP contribution in [0.15, 0.2) is 6.33 Å². The standard InChI is InChI=1S/C11H19N5/c1-8(2)15-5-9-3-11(4-10(9)6-15)16-13-7-12-14-16/h7-11H,3-6H2,1-2H3. The van der Waals surface area contributed by atoms with Crippen molar-refractivity contribution in [3.05, 3.63) is 6.33 Å². The molecule has 2 fully saturated rings. The predicted octanol–water partition coefficient (Wildman–Crippen LogP) is 0.964. The lowest BCUT2D eigenvalue weighted by atomic mass is 10.0. The van der Waals surface area contributed by atoms with Crippen LogP contribution in [0.3, 0.4) is 0 Å². The molecule has 0 aromatic carbocycles. The Labute approximate surface area is 95.8 Å². The SMILES string of the molecule is CC(C)N1CC2CC(n3ncnn3)CC2C1. The quantitative estimate of drug-likeness (QED) is 0.746. The summed E-state index contributed by atoms with van der Waals surface area (Å²) in [5, 5.41) is 12.0. The van der Waals surface area contributed by atoms with E-state index in [0.717, 1.165) is 11.8 Å². The summed E-state index contributed by atoms with van der Waals surface area (Å²) < 4.78 is 0. The Bertz CT molecular complexity index is 333. The first-order valence-corrected chi connectivity index (χ1v) is 6.20. The lowest BCUT2D eigenvalue weighted by Crippen LogP contribution is -2.29. The molecule has 0 amide bonds. The second-order valence-corrected chi connectivity index (χ2v) is 5.45. The van der Waals surface area contributed by atoms with Crippen LogP contribution in [0.5, 0.6) is 0 Å². The largest absolute Gasteiger partial charge is 0.300 e. The van der Waals surface area contributed by atoms with Crippen LogP contribution in [0.25, 0.3) is 0 Å². The minimum absolute atomic E-state index is 0.492. The Morgan fingerprint density at radius 2 is 1.88 bits per heavy atom. The van der Waals surface area contributed by atoms with Gasteiger partial charge in [0.1, 0.15) is 0 Å². The van der Waals surface area contributed by atoms with Gasteiger partial charge in [-0.2, -0.15) is 4.80 Å². The second-order valence-electron chi connectivity index (χ2n) is 5.45. The molecule has 16 heavy (non-hydrogen) atoms. The van der Waals surface area contributed by atoms with Gasteiger partial charge in [0.25, 0.3) is 0 Å². The zero-order valence-corrected chi connectivity index (χ0v) is 9.95. The van der Waals surface area contributed by atoms with Crippen LogP contribution >= 0.6 is 0 Å². The van der Waals surface area contributed by atoms with Gasteiger partial charge in [-0.1, -0.05) is 0 Å². The summed E-state index contributed by atoms with van der Waals surface area (Å²) in [5.74, 6) is 1.69. The molecule has 0 radical (unpaired) electrons. The zero-order valence-electron chi connectivity index (χ0n) is 9.95. The number of rotatable bonds is 2. The van der Waals surface area contributed by atoms with E-state index in [9.17, 15) is 0 Å². The Hall–Kier alpha value is -0.970. The fraction of sp³-hybridized carbons (Fsp3) is 0.909. The maximum atomic E-state index is 4.16. The van der Waals surface area contributed by atoms with Crippen LogP contribution < -0.4 is 0 Å². The Morgan fingerprint density at radius 3 is 2.38 bits per heavy atom. The van der Waals surface area contributed by atoms with Crippen LogP contribution in [0, 0.1) is 11.8 Å². The molecule has 1 aliphatic heterocycles. The van der Waals surface area contributed by atoms with Crippen molar-refractivity contribution in [1.29, 1.82) is 0 Å². The van der Waals surface area contributed by atoms with Gasteiger partial charge in [0.05, 0.1) is 6.04 Å². The van der Waals surface area contributed by atoms with Crippen LogP contribution in [-0.2, 0) is 0 Å². The number of aromatic nitrogens is 4.